The van der Waals surface area contributed by atoms with Crippen LogP contribution in [-0.2, 0) is 4.74 Å². The molecule has 4 heteroatoms. The molecule has 0 unspecified atom stereocenters. The van der Waals surface area contributed by atoms with Gasteiger partial charge in [-0.2, -0.15) is 0 Å². The van der Waals surface area contributed by atoms with Crippen LogP contribution < -0.4 is 5.32 Å². The molecule has 0 radical (unpaired) electrons. The minimum atomic E-state index is -0.0671. The van der Waals surface area contributed by atoms with E-state index in [1.165, 1.54) is 0 Å². The van der Waals surface area contributed by atoms with Crippen molar-refractivity contribution in [1.29, 1.82) is 0 Å². The number of carbonyl (C=O) groups is 1. The Labute approximate surface area is 114 Å². The fourth-order valence-corrected chi connectivity index (χ4v) is 1.74. The van der Waals surface area contributed by atoms with Gasteiger partial charge in [-0.1, -0.05) is 19.4 Å². The van der Waals surface area contributed by atoms with Gasteiger partial charge >= 0.3 is 0 Å². The Morgan fingerprint density at radius 2 is 2.17 bits per heavy atom. The summed E-state index contributed by atoms with van der Waals surface area (Å²) < 4.78 is 5.38. The number of unbranched alkanes of at least 4 members (excludes halogenated alkanes) is 1. The van der Waals surface area contributed by atoms with E-state index >= 15 is 0 Å². The van der Waals surface area contributed by atoms with Gasteiger partial charge < -0.3 is 10.1 Å². The lowest BCUT2D eigenvalue weighted by Gasteiger charge is -2.08. The number of nitrogens with one attached hydrogen (secondary N) is 1. The molecule has 1 amide bonds. The van der Waals surface area contributed by atoms with Crippen molar-refractivity contribution < 1.29 is 9.53 Å². The molecule has 1 rings (SSSR count). The van der Waals surface area contributed by atoms with Crippen LogP contribution in [0, 0.1) is 6.92 Å². The van der Waals surface area contributed by atoms with Crippen molar-refractivity contribution in [3.05, 3.63) is 29.3 Å². The first-order valence-electron chi connectivity index (χ1n) is 6.30. The predicted molar refractivity (Wildman–Crippen MR) is 76.5 cm³/mol. The molecule has 1 aromatic rings. The molecule has 3 nitrogen and oxygen atoms in total. The number of hydrogen-bond donors (Lipinski definition) is 2. The van der Waals surface area contributed by atoms with Crippen LogP contribution in [0.2, 0.25) is 0 Å². The molecule has 18 heavy (non-hydrogen) atoms. The van der Waals surface area contributed by atoms with Crippen LogP contribution >= 0.6 is 12.6 Å². The molecule has 0 fully saturated rings. The third-order valence-electron chi connectivity index (χ3n) is 2.64. The highest BCUT2D eigenvalue weighted by Gasteiger charge is 2.08. The molecule has 100 valence electrons. The zero-order chi connectivity index (χ0) is 13.4. The SMILES string of the molecule is CCCCOCCNC(=O)c1cc(S)ccc1C. The summed E-state index contributed by atoms with van der Waals surface area (Å²) in [4.78, 5) is 12.7. The molecule has 0 aliphatic heterocycles. The van der Waals surface area contributed by atoms with Gasteiger partial charge in [0, 0.05) is 23.6 Å². The van der Waals surface area contributed by atoms with Crippen LogP contribution in [0.5, 0.6) is 0 Å². The number of benzene rings is 1. The highest BCUT2D eigenvalue weighted by molar-refractivity contribution is 7.80. The molecular weight excluding hydrogens is 246 g/mol. The van der Waals surface area contributed by atoms with Gasteiger partial charge in [0.2, 0.25) is 0 Å². The number of amides is 1. The van der Waals surface area contributed by atoms with Crippen molar-refractivity contribution >= 4 is 18.5 Å². The molecule has 0 atom stereocenters. The smallest absolute Gasteiger partial charge is 0.251 e. The number of ether oxygens (including phenoxy) is 1. The summed E-state index contributed by atoms with van der Waals surface area (Å²) >= 11 is 4.24. The Bertz CT molecular complexity index is 393. The highest BCUT2D eigenvalue weighted by atomic mass is 32.1. The third kappa shape index (κ3) is 5.10. The van der Waals surface area contributed by atoms with Crippen molar-refractivity contribution in [2.75, 3.05) is 19.8 Å². The molecule has 0 aliphatic rings. The first kappa shape index (κ1) is 15.1. The second-order valence-electron chi connectivity index (χ2n) is 4.22. The van der Waals surface area contributed by atoms with E-state index in [2.05, 4.69) is 24.9 Å². The van der Waals surface area contributed by atoms with Crippen LogP contribution in [0.3, 0.4) is 0 Å². The molecule has 0 saturated carbocycles. The standard InChI is InChI=1S/C14H21NO2S/c1-3-4-8-17-9-7-15-14(16)13-10-12(18)6-5-11(13)2/h5-6,10,18H,3-4,7-9H2,1-2H3,(H,15,16). The largest absolute Gasteiger partial charge is 0.380 e. The summed E-state index contributed by atoms with van der Waals surface area (Å²) in [6.45, 7) is 5.90. The predicted octanol–water partition coefficient (Wildman–Crippen LogP) is 2.83. The monoisotopic (exact) mass is 267 g/mol. The molecule has 1 aromatic carbocycles. The Kier molecular flexibility index (Phi) is 6.83. The number of thiol groups is 1. The number of rotatable bonds is 7. The average Bonchev–Trinajstić information content (AvgIpc) is 2.36. The number of aryl methyl sites for hydroxylation is 1. The van der Waals surface area contributed by atoms with E-state index in [-0.39, 0.29) is 5.91 Å². The van der Waals surface area contributed by atoms with Gasteiger partial charge in [-0.05, 0) is 31.0 Å². The second-order valence-corrected chi connectivity index (χ2v) is 4.74. The van der Waals surface area contributed by atoms with E-state index in [4.69, 9.17) is 4.74 Å². The van der Waals surface area contributed by atoms with Crippen molar-refractivity contribution in [2.24, 2.45) is 0 Å². The zero-order valence-electron chi connectivity index (χ0n) is 11.0. The lowest BCUT2D eigenvalue weighted by Crippen LogP contribution is -2.28. The third-order valence-corrected chi connectivity index (χ3v) is 2.92. The van der Waals surface area contributed by atoms with Crippen LogP contribution in [0.15, 0.2) is 23.1 Å². The first-order valence-corrected chi connectivity index (χ1v) is 6.75. The normalized spacial score (nSPS) is 10.4. The van der Waals surface area contributed by atoms with E-state index < -0.39 is 0 Å². The molecule has 0 bridgehead atoms. The van der Waals surface area contributed by atoms with Crippen LogP contribution in [0.1, 0.15) is 35.7 Å². The molecule has 0 aromatic heterocycles. The van der Waals surface area contributed by atoms with Crippen LogP contribution in [-0.4, -0.2) is 25.7 Å². The summed E-state index contributed by atoms with van der Waals surface area (Å²) in [5.41, 5.74) is 1.63. The Morgan fingerprint density at radius 3 is 2.89 bits per heavy atom. The molecular formula is C14H21NO2S. The van der Waals surface area contributed by atoms with Gasteiger partial charge in [-0.3, -0.25) is 4.79 Å². The van der Waals surface area contributed by atoms with Gasteiger partial charge in [0.05, 0.1) is 6.61 Å². The van der Waals surface area contributed by atoms with E-state index in [0.29, 0.717) is 18.7 Å². The second kappa shape index (κ2) is 8.16. The summed E-state index contributed by atoms with van der Waals surface area (Å²) in [6.07, 6.45) is 2.19. The summed E-state index contributed by atoms with van der Waals surface area (Å²) in [5.74, 6) is -0.0671. The average molecular weight is 267 g/mol. The van der Waals surface area contributed by atoms with Gasteiger partial charge in [0.1, 0.15) is 0 Å². The molecule has 0 saturated heterocycles. The van der Waals surface area contributed by atoms with Gasteiger partial charge in [0.15, 0.2) is 0 Å². The van der Waals surface area contributed by atoms with E-state index in [0.717, 1.165) is 29.9 Å². The maximum Gasteiger partial charge on any atom is 0.251 e. The molecule has 0 spiro atoms. The fraction of sp³-hybridized carbons (Fsp3) is 0.500. The maximum absolute atomic E-state index is 11.9. The number of carbonyl (C=O) groups excluding carboxylic acids is 1. The molecule has 0 aliphatic carbocycles. The van der Waals surface area contributed by atoms with Crippen molar-refractivity contribution in [1.82, 2.24) is 5.32 Å². The van der Waals surface area contributed by atoms with Crippen molar-refractivity contribution in [3.63, 3.8) is 0 Å². The lowest BCUT2D eigenvalue weighted by atomic mass is 10.1. The minimum absolute atomic E-state index is 0.0671. The zero-order valence-corrected chi connectivity index (χ0v) is 11.9. The van der Waals surface area contributed by atoms with Gasteiger partial charge in [0.25, 0.3) is 5.91 Å². The van der Waals surface area contributed by atoms with E-state index in [9.17, 15) is 4.79 Å². The minimum Gasteiger partial charge on any atom is -0.380 e. The van der Waals surface area contributed by atoms with E-state index in [1.807, 2.05) is 19.1 Å². The summed E-state index contributed by atoms with van der Waals surface area (Å²) in [5, 5.41) is 2.85. The molecule has 1 N–H and O–H groups in total. The Balaban J connectivity index is 2.34. The van der Waals surface area contributed by atoms with Crippen molar-refractivity contribution in [2.45, 2.75) is 31.6 Å². The quantitative estimate of drug-likeness (QED) is 0.589. The first-order chi connectivity index (χ1) is 8.65. The summed E-state index contributed by atoms with van der Waals surface area (Å²) in [7, 11) is 0. The highest BCUT2D eigenvalue weighted by Crippen LogP contribution is 2.13. The number of hydrogen-bond acceptors (Lipinski definition) is 3. The maximum atomic E-state index is 11.9. The fourth-order valence-electron chi connectivity index (χ4n) is 1.54. The topological polar surface area (TPSA) is 38.3 Å². The van der Waals surface area contributed by atoms with E-state index in [1.54, 1.807) is 6.07 Å². The summed E-state index contributed by atoms with van der Waals surface area (Å²) in [6, 6.07) is 5.56. The van der Waals surface area contributed by atoms with Crippen LogP contribution in [0.25, 0.3) is 0 Å². The Hall–Kier alpha value is -1.00. The lowest BCUT2D eigenvalue weighted by molar-refractivity contribution is 0.0912. The van der Waals surface area contributed by atoms with Gasteiger partial charge in [-0.25, -0.2) is 0 Å². The van der Waals surface area contributed by atoms with Crippen molar-refractivity contribution in [3.8, 4) is 0 Å². The Morgan fingerprint density at radius 1 is 1.39 bits per heavy atom. The molecule has 0 heterocycles. The van der Waals surface area contributed by atoms with Crippen LogP contribution in [0.4, 0.5) is 0 Å². The van der Waals surface area contributed by atoms with Gasteiger partial charge in [-0.15, -0.1) is 12.6 Å².